The Labute approximate surface area is 157 Å². The number of aromatic nitrogens is 3. The Morgan fingerprint density at radius 2 is 1.96 bits per heavy atom. The van der Waals surface area contributed by atoms with Crippen molar-refractivity contribution in [3.63, 3.8) is 0 Å². The predicted molar refractivity (Wildman–Crippen MR) is 101 cm³/mol. The van der Waals surface area contributed by atoms with Crippen molar-refractivity contribution in [2.75, 3.05) is 18.0 Å². The van der Waals surface area contributed by atoms with Crippen LogP contribution in [0.3, 0.4) is 0 Å². The number of amides is 1. The van der Waals surface area contributed by atoms with E-state index in [0.29, 0.717) is 18.4 Å². The third kappa shape index (κ3) is 4.13. The molecule has 4 rings (SSSR count). The van der Waals surface area contributed by atoms with Gasteiger partial charge in [-0.05, 0) is 41.8 Å². The number of carbonyl (C=O) groups is 1. The summed E-state index contributed by atoms with van der Waals surface area (Å²) in [6, 6.07) is 13.5. The first-order valence-electron chi connectivity index (χ1n) is 9.10. The predicted octanol–water partition coefficient (Wildman–Crippen LogP) is 2.66. The molecule has 0 saturated carbocycles. The van der Waals surface area contributed by atoms with E-state index in [1.807, 2.05) is 42.5 Å². The SMILES string of the molecule is O=C(NCc1cccnc1)C1CCN(c2noc(-c3ccccc3)n2)CC1. The monoisotopic (exact) mass is 363 g/mol. The lowest BCUT2D eigenvalue weighted by atomic mass is 9.96. The average molecular weight is 363 g/mol. The number of hydrogen-bond acceptors (Lipinski definition) is 6. The summed E-state index contributed by atoms with van der Waals surface area (Å²) in [4.78, 5) is 23.0. The van der Waals surface area contributed by atoms with E-state index in [2.05, 4.69) is 25.3 Å². The summed E-state index contributed by atoms with van der Waals surface area (Å²) in [6.07, 6.45) is 5.04. The van der Waals surface area contributed by atoms with Crippen LogP contribution in [0.15, 0.2) is 59.4 Å². The van der Waals surface area contributed by atoms with Gasteiger partial charge < -0.3 is 14.7 Å². The van der Waals surface area contributed by atoms with Gasteiger partial charge in [0.1, 0.15) is 0 Å². The molecule has 1 N–H and O–H groups in total. The van der Waals surface area contributed by atoms with Crippen molar-refractivity contribution in [2.45, 2.75) is 19.4 Å². The fourth-order valence-electron chi connectivity index (χ4n) is 3.22. The fourth-order valence-corrected chi connectivity index (χ4v) is 3.22. The van der Waals surface area contributed by atoms with Crippen LogP contribution in [-0.2, 0) is 11.3 Å². The number of benzene rings is 1. The molecule has 138 valence electrons. The summed E-state index contributed by atoms with van der Waals surface area (Å²) in [5.74, 6) is 1.21. The van der Waals surface area contributed by atoms with E-state index in [0.717, 1.165) is 37.1 Å². The summed E-state index contributed by atoms with van der Waals surface area (Å²) in [5.41, 5.74) is 1.91. The molecule has 1 saturated heterocycles. The van der Waals surface area contributed by atoms with Gasteiger partial charge in [0.15, 0.2) is 0 Å². The summed E-state index contributed by atoms with van der Waals surface area (Å²) < 4.78 is 5.38. The number of anilines is 1. The molecule has 3 heterocycles. The molecule has 1 aliphatic heterocycles. The van der Waals surface area contributed by atoms with Crippen LogP contribution in [0.25, 0.3) is 11.5 Å². The topological polar surface area (TPSA) is 84.2 Å². The zero-order valence-electron chi connectivity index (χ0n) is 14.9. The normalized spacial score (nSPS) is 14.9. The maximum atomic E-state index is 12.4. The Balaban J connectivity index is 1.30. The molecule has 1 aliphatic rings. The maximum absolute atomic E-state index is 12.4. The molecule has 0 radical (unpaired) electrons. The maximum Gasteiger partial charge on any atom is 0.266 e. The van der Waals surface area contributed by atoms with Crippen molar-refractivity contribution >= 4 is 11.9 Å². The third-order valence-electron chi connectivity index (χ3n) is 4.77. The van der Waals surface area contributed by atoms with Gasteiger partial charge in [0.05, 0.1) is 0 Å². The summed E-state index contributed by atoms with van der Waals surface area (Å²) in [6.45, 7) is 1.98. The molecule has 0 atom stereocenters. The highest BCUT2D eigenvalue weighted by molar-refractivity contribution is 5.78. The molecular weight excluding hydrogens is 342 g/mol. The van der Waals surface area contributed by atoms with E-state index < -0.39 is 0 Å². The van der Waals surface area contributed by atoms with Gasteiger partial charge in [-0.25, -0.2) is 0 Å². The van der Waals surface area contributed by atoms with E-state index in [-0.39, 0.29) is 11.8 Å². The first-order chi connectivity index (χ1) is 13.3. The van der Waals surface area contributed by atoms with Crippen LogP contribution in [0.4, 0.5) is 5.95 Å². The summed E-state index contributed by atoms with van der Waals surface area (Å²) >= 11 is 0. The molecule has 1 fully saturated rings. The van der Waals surface area contributed by atoms with Crippen LogP contribution in [0, 0.1) is 5.92 Å². The van der Waals surface area contributed by atoms with Crippen molar-refractivity contribution in [2.24, 2.45) is 5.92 Å². The molecule has 0 spiro atoms. The number of hydrogen-bond donors (Lipinski definition) is 1. The fraction of sp³-hybridized carbons (Fsp3) is 0.300. The van der Waals surface area contributed by atoms with Crippen LogP contribution in [0.5, 0.6) is 0 Å². The van der Waals surface area contributed by atoms with Crippen molar-refractivity contribution in [1.82, 2.24) is 20.4 Å². The van der Waals surface area contributed by atoms with Gasteiger partial charge >= 0.3 is 0 Å². The quantitative estimate of drug-likeness (QED) is 0.750. The molecule has 27 heavy (non-hydrogen) atoms. The lowest BCUT2D eigenvalue weighted by Gasteiger charge is -2.30. The van der Waals surface area contributed by atoms with Gasteiger partial charge in [-0.15, -0.1) is 0 Å². The minimum atomic E-state index is 0.0124. The smallest absolute Gasteiger partial charge is 0.266 e. The van der Waals surface area contributed by atoms with Crippen LogP contribution in [0.2, 0.25) is 0 Å². The Morgan fingerprint density at radius 1 is 1.15 bits per heavy atom. The highest BCUT2D eigenvalue weighted by Gasteiger charge is 2.27. The third-order valence-corrected chi connectivity index (χ3v) is 4.77. The summed E-state index contributed by atoms with van der Waals surface area (Å²) in [5, 5.41) is 7.10. The first kappa shape index (κ1) is 17.2. The van der Waals surface area contributed by atoms with Crippen molar-refractivity contribution in [1.29, 1.82) is 0 Å². The van der Waals surface area contributed by atoms with E-state index in [1.165, 1.54) is 0 Å². The minimum Gasteiger partial charge on any atom is -0.352 e. The Morgan fingerprint density at radius 3 is 2.70 bits per heavy atom. The number of pyridine rings is 1. The van der Waals surface area contributed by atoms with Crippen LogP contribution in [-0.4, -0.2) is 34.1 Å². The second kappa shape index (κ2) is 7.99. The van der Waals surface area contributed by atoms with E-state index in [4.69, 9.17) is 4.52 Å². The Kier molecular flexibility index (Phi) is 5.09. The lowest BCUT2D eigenvalue weighted by molar-refractivity contribution is -0.125. The van der Waals surface area contributed by atoms with Crippen molar-refractivity contribution in [3.05, 3.63) is 60.4 Å². The average Bonchev–Trinajstić information content (AvgIpc) is 3.24. The lowest BCUT2D eigenvalue weighted by Crippen LogP contribution is -2.40. The van der Waals surface area contributed by atoms with Crippen LogP contribution >= 0.6 is 0 Å². The molecule has 0 aliphatic carbocycles. The van der Waals surface area contributed by atoms with Gasteiger partial charge in [0.25, 0.3) is 11.8 Å². The largest absolute Gasteiger partial charge is 0.352 e. The van der Waals surface area contributed by atoms with Gasteiger partial charge in [-0.1, -0.05) is 24.3 Å². The zero-order valence-corrected chi connectivity index (χ0v) is 14.9. The second-order valence-corrected chi connectivity index (χ2v) is 6.61. The van der Waals surface area contributed by atoms with Gasteiger partial charge in [-0.2, -0.15) is 4.98 Å². The molecule has 7 nitrogen and oxygen atoms in total. The van der Waals surface area contributed by atoms with Crippen LogP contribution < -0.4 is 10.2 Å². The van der Waals surface area contributed by atoms with Gasteiger partial charge in [-0.3, -0.25) is 9.78 Å². The highest BCUT2D eigenvalue weighted by atomic mass is 16.5. The second-order valence-electron chi connectivity index (χ2n) is 6.61. The molecule has 7 heteroatoms. The van der Waals surface area contributed by atoms with Crippen molar-refractivity contribution < 1.29 is 9.32 Å². The molecule has 0 bridgehead atoms. The zero-order chi connectivity index (χ0) is 18.5. The molecule has 2 aromatic heterocycles. The number of carbonyl (C=O) groups excluding carboxylic acids is 1. The van der Waals surface area contributed by atoms with Gasteiger partial charge in [0, 0.05) is 43.5 Å². The Hall–Kier alpha value is -3.22. The van der Waals surface area contributed by atoms with Crippen LogP contribution in [0.1, 0.15) is 18.4 Å². The molecule has 3 aromatic rings. The highest BCUT2D eigenvalue weighted by Crippen LogP contribution is 2.24. The first-order valence-corrected chi connectivity index (χ1v) is 9.10. The van der Waals surface area contributed by atoms with E-state index >= 15 is 0 Å². The molecule has 0 unspecified atom stereocenters. The molecular formula is C20H21N5O2. The standard InChI is InChI=1S/C20H21N5O2/c26-18(22-14-15-5-4-10-21-13-15)16-8-11-25(12-9-16)20-23-19(27-24-20)17-6-2-1-3-7-17/h1-7,10,13,16H,8-9,11-12,14H2,(H,22,26). The summed E-state index contributed by atoms with van der Waals surface area (Å²) in [7, 11) is 0. The number of rotatable bonds is 5. The van der Waals surface area contributed by atoms with E-state index in [1.54, 1.807) is 12.4 Å². The number of piperidine rings is 1. The van der Waals surface area contributed by atoms with E-state index in [9.17, 15) is 4.79 Å². The Bertz CT molecular complexity index is 874. The van der Waals surface area contributed by atoms with Gasteiger partial charge in [0.2, 0.25) is 5.91 Å². The molecule has 1 aromatic carbocycles. The van der Waals surface area contributed by atoms with Crippen molar-refractivity contribution in [3.8, 4) is 11.5 Å². The number of nitrogens with zero attached hydrogens (tertiary/aromatic N) is 4. The molecule has 1 amide bonds. The number of nitrogens with one attached hydrogen (secondary N) is 1. The minimum absolute atomic E-state index is 0.0124.